The van der Waals surface area contributed by atoms with Crippen molar-refractivity contribution in [2.45, 2.75) is 38.3 Å². The molecule has 7 heteroatoms. The number of carbonyl (C=O) groups excluding carboxylic acids is 3. The van der Waals surface area contributed by atoms with Crippen LogP contribution < -0.4 is 15.0 Å². The van der Waals surface area contributed by atoms with Crippen molar-refractivity contribution in [3.63, 3.8) is 0 Å². The number of rotatable bonds is 6. The highest BCUT2D eigenvalue weighted by Crippen LogP contribution is 2.44. The zero-order chi connectivity index (χ0) is 21.3. The lowest BCUT2D eigenvalue weighted by Crippen LogP contribution is -2.62. The Morgan fingerprint density at radius 1 is 1.13 bits per heavy atom. The Bertz CT molecular complexity index is 988. The first-order chi connectivity index (χ1) is 14.4. The van der Waals surface area contributed by atoms with Gasteiger partial charge in [0.15, 0.2) is 0 Å². The maximum absolute atomic E-state index is 13.2. The molecular weight excluding hydrogens is 382 g/mol. The van der Waals surface area contributed by atoms with Crippen molar-refractivity contribution in [1.82, 2.24) is 4.90 Å². The van der Waals surface area contributed by atoms with Crippen molar-refractivity contribution >= 4 is 29.1 Å². The van der Waals surface area contributed by atoms with E-state index in [1.54, 1.807) is 53.3 Å². The summed E-state index contributed by atoms with van der Waals surface area (Å²) in [5, 5.41) is 2.86. The van der Waals surface area contributed by atoms with Gasteiger partial charge in [-0.05, 0) is 56.2 Å². The van der Waals surface area contributed by atoms with E-state index in [1.807, 2.05) is 19.1 Å². The molecule has 30 heavy (non-hydrogen) atoms. The molecule has 0 unspecified atom stereocenters. The number of hydrogen-bond acceptors (Lipinski definition) is 4. The van der Waals surface area contributed by atoms with Gasteiger partial charge in [0, 0.05) is 25.1 Å². The average Bonchev–Trinajstić information content (AvgIpc) is 3.06. The minimum absolute atomic E-state index is 0.0275. The van der Waals surface area contributed by atoms with Gasteiger partial charge in [0.05, 0.1) is 18.4 Å². The topological polar surface area (TPSA) is 79.0 Å². The van der Waals surface area contributed by atoms with E-state index < -0.39 is 5.66 Å². The van der Waals surface area contributed by atoms with E-state index in [0.717, 1.165) is 5.75 Å². The summed E-state index contributed by atoms with van der Waals surface area (Å²) in [4.78, 5) is 41.6. The number of hydrogen-bond donors (Lipinski definition) is 1. The van der Waals surface area contributed by atoms with Crippen molar-refractivity contribution in [1.29, 1.82) is 0 Å². The summed E-state index contributed by atoms with van der Waals surface area (Å²) in [5.41, 5.74) is 1.23. The van der Waals surface area contributed by atoms with E-state index in [-0.39, 0.29) is 24.1 Å². The second-order valence-corrected chi connectivity index (χ2v) is 7.80. The van der Waals surface area contributed by atoms with Gasteiger partial charge in [-0.25, -0.2) is 0 Å². The minimum atomic E-state index is -0.686. The summed E-state index contributed by atoms with van der Waals surface area (Å²) < 4.78 is 5.11. The molecule has 0 bridgehead atoms. The molecule has 156 valence electrons. The number of para-hydroxylation sites is 1. The lowest BCUT2D eigenvalue weighted by Gasteiger charge is -2.48. The van der Waals surface area contributed by atoms with E-state index in [9.17, 15) is 14.4 Å². The summed E-state index contributed by atoms with van der Waals surface area (Å²) in [7, 11) is 1.59. The maximum Gasteiger partial charge on any atom is 0.257 e. The van der Waals surface area contributed by atoms with Gasteiger partial charge in [-0.3, -0.25) is 19.3 Å². The van der Waals surface area contributed by atoms with Crippen molar-refractivity contribution < 1.29 is 19.1 Å². The van der Waals surface area contributed by atoms with E-state index in [2.05, 4.69) is 5.32 Å². The van der Waals surface area contributed by atoms with Crippen molar-refractivity contribution in [2.75, 3.05) is 23.9 Å². The normalized spacial score (nSPS) is 20.1. The van der Waals surface area contributed by atoms with Crippen LogP contribution in [0.3, 0.4) is 0 Å². The number of fused-ring (bicyclic) bond motifs is 3. The molecule has 1 fully saturated rings. The Hall–Kier alpha value is -3.35. The van der Waals surface area contributed by atoms with Gasteiger partial charge in [-0.15, -0.1) is 0 Å². The van der Waals surface area contributed by atoms with Gasteiger partial charge < -0.3 is 15.0 Å². The molecular formula is C23H25N3O4. The molecule has 3 amide bonds. The predicted octanol–water partition coefficient (Wildman–Crippen LogP) is 3.41. The van der Waals surface area contributed by atoms with Crippen molar-refractivity contribution in [3.05, 3.63) is 54.1 Å². The Balaban J connectivity index is 1.43. The average molecular weight is 407 g/mol. The fraction of sp³-hybridized carbons (Fsp3) is 0.348. The number of anilines is 2. The third kappa shape index (κ3) is 3.40. The molecule has 0 saturated carbocycles. The molecule has 0 aromatic heterocycles. The molecule has 2 aromatic carbocycles. The van der Waals surface area contributed by atoms with Gasteiger partial charge in [0.25, 0.3) is 5.91 Å². The fourth-order valence-corrected chi connectivity index (χ4v) is 4.34. The standard InChI is InChI=1S/C23H25N3O4/c1-23-14-13-21(28)26(23)19-7-4-3-6-18(19)22(29)25(23)15-5-8-20(27)24-16-9-11-17(30-2)12-10-16/h3-4,6-7,9-12H,5,8,13-15H2,1-2H3,(H,24,27)/t23-/m1/s1. The summed E-state index contributed by atoms with van der Waals surface area (Å²) in [6, 6.07) is 14.4. The first-order valence-electron chi connectivity index (χ1n) is 10.1. The lowest BCUT2D eigenvalue weighted by atomic mass is 9.98. The molecule has 1 atom stereocenters. The van der Waals surface area contributed by atoms with Crippen molar-refractivity contribution in [3.8, 4) is 5.75 Å². The molecule has 2 aromatic rings. The molecule has 2 aliphatic heterocycles. The largest absolute Gasteiger partial charge is 0.497 e. The Morgan fingerprint density at radius 3 is 2.60 bits per heavy atom. The number of ether oxygens (including phenoxy) is 1. The smallest absolute Gasteiger partial charge is 0.257 e. The number of carbonyl (C=O) groups is 3. The quantitative estimate of drug-likeness (QED) is 0.796. The van der Waals surface area contributed by atoms with Crippen LogP contribution in [0.15, 0.2) is 48.5 Å². The highest BCUT2D eigenvalue weighted by Gasteiger charge is 2.52. The maximum atomic E-state index is 13.2. The first-order valence-corrected chi connectivity index (χ1v) is 10.1. The van der Waals surface area contributed by atoms with E-state index in [1.165, 1.54) is 0 Å². The number of methoxy groups -OCH3 is 1. The number of amides is 3. The second-order valence-electron chi connectivity index (χ2n) is 7.80. The Kier molecular flexibility index (Phi) is 5.20. The molecule has 2 heterocycles. The van der Waals surface area contributed by atoms with Crippen LogP contribution in [0.4, 0.5) is 11.4 Å². The highest BCUT2D eigenvalue weighted by molar-refractivity contribution is 6.10. The van der Waals surface area contributed by atoms with Crippen LogP contribution in [0.5, 0.6) is 5.75 Å². The molecule has 4 rings (SSSR count). The van der Waals surface area contributed by atoms with Gasteiger partial charge in [0.2, 0.25) is 11.8 Å². The van der Waals surface area contributed by atoms with Gasteiger partial charge in [-0.1, -0.05) is 12.1 Å². The van der Waals surface area contributed by atoms with Gasteiger partial charge in [0.1, 0.15) is 11.4 Å². The van der Waals surface area contributed by atoms with E-state index >= 15 is 0 Å². The van der Waals surface area contributed by atoms with Crippen molar-refractivity contribution in [2.24, 2.45) is 0 Å². The van der Waals surface area contributed by atoms with Crippen LogP contribution >= 0.6 is 0 Å². The van der Waals surface area contributed by atoms with E-state index in [4.69, 9.17) is 4.74 Å². The zero-order valence-corrected chi connectivity index (χ0v) is 17.2. The Morgan fingerprint density at radius 2 is 1.87 bits per heavy atom. The molecule has 0 spiro atoms. The molecule has 0 radical (unpaired) electrons. The van der Waals surface area contributed by atoms with Crippen LogP contribution in [0.25, 0.3) is 0 Å². The minimum Gasteiger partial charge on any atom is -0.497 e. The molecule has 1 saturated heterocycles. The molecule has 2 aliphatic rings. The summed E-state index contributed by atoms with van der Waals surface area (Å²) >= 11 is 0. The Labute approximate surface area is 175 Å². The summed E-state index contributed by atoms with van der Waals surface area (Å²) in [6.45, 7) is 2.34. The van der Waals surface area contributed by atoms with Crippen LogP contribution in [0.2, 0.25) is 0 Å². The summed E-state index contributed by atoms with van der Waals surface area (Å²) in [6.07, 6.45) is 1.78. The summed E-state index contributed by atoms with van der Waals surface area (Å²) in [5.74, 6) is 0.546. The third-order valence-corrected chi connectivity index (χ3v) is 5.90. The van der Waals surface area contributed by atoms with Crippen LogP contribution in [0.1, 0.15) is 43.0 Å². The van der Waals surface area contributed by atoms with Crippen LogP contribution in [-0.2, 0) is 9.59 Å². The molecule has 1 N–H and O–H groups in total. The van der Waals surface area contributed by atoms with Gasteiger partial charge in [-0.2, -0.15) is 0 Å². The predicted molar refractivity (Wildman–Crippen MR) is 113 cm³/mol. The number of nitrogens with zero attached hydrogens (tertiary/aromatic N) is 2. The SMILES string of the molecule is COc1ccc(NC(=O)CCCN2C(=O)c3ccccc3N3C(=O)CC[C@]23C)cc1. The highest BCUT2D eigenvalue weighted by atomic mass is 16.5. The van der Waals surface area contributed by atoms with Crippen LogP contribution in [0, 0.1) is 0 Å². The molecule has 7 nitrogen and oxygen atoms in total. The van der Waals surface area contributed by atoms with E-state index in [0.29, 0.717) is 42.7 Å². The lowest BCUT2D eigenvalue weighted by molar-refractivity contribution is -0.118. The monoisotopic (exact) mass is 407 g/mol. The zero-order valence-electron chi connectivity index (χ0n) is 17.2. The third-order valence-electron chi connectivity index (χ3n) is 5.90. The number of benzene rings is 2. The first kappa shape index (κ1) is 19.9. The molecule has 0 aliphatic carbocycles. The van der Waals surface area contributed by atoms with Crippen LogP contribution in [-0.4, -0.2) is 41.9 Å². The second kappa shape index (κ2) is 7.82. The number of nitrogens with one attached hydrogen (secondary N) is 1. The fourth-order valence-electron chi connectivity index (χ4n) is 4.34. The van der Waals surface area contributed by atoms with Gasteiger partial charge >= 0.3 is 0 Å².